The summed E-state index contributed by atoms with van der Waals surface area (Å²) in [6.45, 7) is 0. The second-order valence-corrected chi connectivity index (χ2v) is 6.88. The topological polar surface area (TPSA) is 62.2 Å². The molecule has 0 saturated heterocycles. The van der Waals surface area contributed by atoms with Crippen molar-refractivity contribution >= 4 is 66.8 Å². The Morgan fingerprint density at radius 2 is 2.10 bits per heavy atom. The fourth-order valence-corrected chi connectivity index (χ4v) is 3.25. The number of phenolic OH excluding ortho intramolecular Hbond substituents is 1. The lowest BCUT2D eigenvalue weighted by Crippen LogP contribution is -2.11. The van der Waals surface area contributed by atoms with Crippen LogP contribution in [0.5, 0.6) is 5.75 Å². The number of anilines is 1. The van der Waals surface area contributed by atoms with Crippen molar-refractivity contribution < 1.29 is 9.90 Å². The van der Waals surface area contributed by atoms with Gasteiger partial charge in [0, 0.05) is 10.6 Å². The van der Waals surface area contributed by atoms with Crippen molar-refractivity contribution in [3.8, 4) is 5.75 Å². The molecule has 2 N–H and O–H groups in total. The molecule has 21 heavy (non-hydrogen) atoms. The van der Waals surface area contributed by atoms with Crippen molar-refractivity contribution in [2.24, 2.45) is 0 Å². The minimum absolute atomic E-state index is 0.0827. The minimum Gasteiger partial charge on any atom is -0.507 e. The number of carbonyl (C=O) groups is 1. The highest BCUT2D eigenvalue weighted by Gasteiger charge is 2.11. The first kappa shape index (κ1) is 14.6. The van der Waals surface area contributed by atoms with E-state index in [4.69, 9.17) is 11.6 Å². The summed E-state index contributed by atoms with van der Waals surface area (Å²) in [5.41, 5.74) is 1.16. The predicted octanol–water partition coefficient (Wildman–Crippen LogP) is 4.51. The van der Waals surface area contributed by atoms with Gasteiger partial charge in [-0.2, -0.15) is 0 Å². The van der Waals surface area contributed by atoms with Crippen LogP contribution >= 0.6 is 45.5 Å². The molecule has 0 saturated carbocycles. The number of carbonyl (C=O) groups excluding carboxylic acids is 1. The van der Waals surface area contributed by atoms with Crippen LogP contribution in [0.3, 0.4) is 0 Å². The van der Waals surface area contributed by atoms with Gasteiger partial charge in [-0.25, -0.2) is 4.98 Å². The van der Waals surface area contributed by atoms with Gasteiger partial charge in [-0.3, -0.25) is 10.1 Å². The zero-order valence-electron chi connectivity index (χ0n) is 10.4. The fraction of sp³-hybridized carbons (Fsp3) is 0. The molecule has 0 atom stereocenters. The lowest BCUT2D eigenvalue weighted by atomic mass is 10.2. The summed E-state index contributed by atoms with van der Waals surface area (Å²) in [4.78, 5) is 16.5. The maximum atomic E-state index is 12.1. The van der Waals surface area contributed by atoms with Crippen LogP contribution in [0, 0.1) is 3.57 Å². The van der Waals surface area contributed by atoms with E-state index in [1.54, 1.807) is 30.3 Å². The Balaban J connectivity index is 1.87. The number of nitrogens with one attached hydrogen (secondary N) is 1. The van der Waals surface area contributed by atoms with E-state index in [1.807, 2.05) is 22.6 Å². The molecule has 0 aliphatic heterocycles. The first-order chi connectivity index (χ1) is 10.0. The molecule has 3 rings (SSSR count). The molecule has 1 amide bonds. The zero-order valence-corrected chi connectivity index (χ0v) is 14.2. The Morgan fingerprint density at radius 1 is 1.29 bits per heavy atom. The smallest absolute Gasteiger partial charge is 0.257 e. The molecule has 0 bridgehead atoms. The largest absolute Gasteiger partial charge is 0.507 e. The van der Waals surface area contributed by atoms with Crippen molar-refractivity contribution in [2.45, 2.75) is 0 Å². The molecule has 0 radical (unpaired) electrons. The molecular formula is C14H8ClIN2O2S. The van der Waals surface area contributed by atoms with E-state index in [0.29, 0.717) is 19.3 Å². The van der Waals surface area contributed by atoms with Gasteiger partial charge in [0.05, 0.1) is 13.8 Å². The number of phenols is 1. The lowest BCUT2D eigenvalue weighted by molar-refractivity contribution is 0.102. The molecule has 1 aromatic heterocycles. The summed E-state index contributed by atoms with van der Waals surface area (Å²) in [7, 11) is 0. The monoisotopic (exact) mass is 430 g/mol. The van der Waals surface area contributed by atoms with Gasteiger partial charge in [-0.05, 0) is 59.0 Å². The number of hydrogen-bond donors (Lipinski definition) is 2. The molecule has 3 aromatic rings. The minimum atomic E-state index is -0.313. The highest BCUT2D eigenvalue weighted by molar-refractivity contribution is 14.1. The summed E-state index contributed by atoms with van der Waals surface area (Å²) < 4.78 is 1.60. The van der Waals surface area contributed by atoms with E-state index in [1.165, 1.54) is 17.4 Å². The predicted molar refractivity (Wildman–Crippen MR) is 93.4 cm³/mol. The standard InChI is InChI=1S/C14H8ClIN2O2S/c15-8-2-4-10-12(6-8)21-14(17-10)18-13(20)7-1-3-9(16)11(19)5-7/h1-6,19H,(H,17,18,20). The molecule has 0 unspecified atom stereocenters. The SMILES string of the molecule is O=C(Nc1nc2ccc(Cl)cc2s1)c1ccc(I)c(O)c1. The highest BCUT2D eigenvalue weighted by atomic mass is 127. The number of benzene rings is 2. The van der Waals surface area contributed by atoms with Crippen LogP contribution in [-0.4, -0.2) is 16.0 Å². The summed E-state index contributed by atoms with van der Waals surface area (Å²) >= 11 is 9.27. The molecule has 2 aromatic carbocycles. The average Bonchev–Trinajstić information content (AvgIpc) is 2.83. The summed E-state index contributed by atoms with van der Waals surface area (Å²) in [6.07, 6.45) is 0. The number of aromatic nitrogens is 1. The second-order valence-electron chi connectivity index (χ2n) is 4.25. The molecular weight excluding hydrogens is 423 g/mol. The van der Waals surface area contributed by atoms with Crippen LogP contribution in [0.15, 0.2) is 36.4 Å². The van der Waals surface area contributed by atoms with E-state index in [2.05, 4.69) is 10.3 Å². The number of nitrogens with zero attached hydrogens (tertiary/aromatic N) is 1. The van der Waals surface area contributed by atoms with Crippen molar-refractivity contribution in [1.29, 1.82) is 0 Å². The van der Waals surface area contributed by atoms with Crippen LogP contribution in [0.4, 0.5) is 5.13 Å². The first-order valence-corrected chi connectivity index (χ1v) is 8.16. The summed E-state index contributed by atoms with van der Waals surface area (Å²) in [6, 6.07) is 10.1. The number of thiazole rings is 1. The third-order valence-electron chi connectivity index (χ3n) is 2.78. The molecule has 0 aliphatic rings. The highest BCUT2D eigenvalue weighted by Crippen LogP contribution is 2.29. The van der Waals surface area contributed by atoms with Gasteiger partial charge in [-0.1, -0.05) is 22.9 Å². The Hall–Kier alpha value is -1.38. The number of amides is 1. The van der Waals surface area contributed by atoms with Crippen molar-refractivity contribution in [3.05, 3.63) is 50.6 Å². The quantitative estimate of drug-likeness (QED) is 0.588. The van der Waals surface area contributed by atoms with E-state index in [0.717, 1.165) is 10.2 Å². The maximum absolute atomic E-state index is 12.1. The molecule has 7 heteroatoms. The van der Waals surface area contributed by atoms with Crippen molar-refractivity contribution in [1.82, 2.24) is 4.98 Å². The Labute approximate surface area is 142 Å². The molecule has 0 fully saturated rings. The fourth-order valence-electron chi connectivity index (χ4n) is 1.78. The number of halogens is 2. The van der Waals surface area contributed by atoms with Gasteiger partial charge >= 0.3 is 0 Å². The summed E-state index contributed by atoms with van der Waals surface area (Å²) in [5.74, 6) is -0.230. The van der Waals surface area contributed by atoms with E-state index in [-0.39, 0.29) is 11.7 Å². The van der Waals surface area contributed by atoms with Crippen molar-refractivity contribution in [2.75, 3.05) is 5.32 Å². The molecule has 106 valence electrons. The second kappa shape index (κ2) is 5.78. The van der Waals surface area contributed by atoms with Gasteiger partial charge in [0.1, 0.15) is 5.75 Å². The normalized spacial score (nSPS) is 10.8. The first-order valence-electron chi connectivity index (χ1n) is 5.89. The number of aromatic hydroxyl groups is 1. The third kappa shape index (κ3) is 3.12. The van der Waals surface area contributed by atoms with Crippen molar-refractivity contribution in [3.63, 3.8) is 0 Å². The van der Waals surface area contributed by atoms with Crippen LogP contribution in [0.1, 0.15) is 10.4 Å². The molecule has 1 heterocycles. The lowest BCUT2D eigenvalue weighted by Gasteiger charge is -2.03. The summed E-state index contributed by atoms with van der Waals surface area (Å²) in [5, 5.41) is 13.5. The molecule has 0 spiro atoms. The van der Waals surface area contributed by atoms with Gasteiger partial charge < -0.3 is 5.11 Å². The number of fused-ring (bicyclic) bond motifs is 1. The maximum Gasteiger partial charge on any atom is 0.257 e. The van der Waals surface area contributed by atoms with Gasteiger partial charge in [0.2, 0.25) is 0 Å². The van der Waals surface area contributed by atoms with Crippen LogP contribution in [0.25, 0.3) is 10.2 Å². The van der Waals surface area contributed by atoms with Gasteiger partial charge in [-0.15, -0.1) is 0 Å². The average molecular weight is 431 g/mol. The Kier molecular flexibility index (Phi) is 4.01. The Morgan fingerprint density at radius 3 is 2.86 bits per heavy atom. The van der Waals surface area contributed by atoms with Crippen LogP contribution < -0.4 is 5.32 Å². The van der Waals surface area contributed by atoms with Crippen LogP contribution in [0.2, 0.25) is 5.02 Å². The van der Waals surface area contributed by atoms with Crippen LogP contribution in [-0.2, 0) is 0 Å². The Bertz CT molecular complexity index is 850. The molecule has 0 aliphatic carbocycles. The van der Waals surface area contributed by atoms with Gasteiger partial charge in [0.25, 0.3) is 5.91 Å². The molecule has 4 nitrogen and oxygen atoms in total. The zero-order chi connectivity index (χ0) is 15.0. The third-order valence-corrected chi connectivity index (χ3v) is 4.86. The van der Waals surface area contributed by atoms with E-state index in [9.17, 15) is 9.90 Å². The van der Waals surface area contributed by atoms with Gasteiger partial charge in [0.15, 0.2) is 5.13 Å². The van der Waals surface area contributed by atoms with E-state index >= 15 is 0 Å². The number of rotatable bonds is 2. The number of hydrogen-bond acceptors (Lipinski definition) is 4. The van der Waals surface area contributed by atoms with E-state index < -0.39 is 0 Å².